The molecular weight excluding hydrogens is 252 g/mol. The van der Waals surface area contributed by atoms with Gasteiger partial charge in [0.2, 0.25) is 0 Å². The fourth-order valence-electron chi connectivity index (χ4n) is 2.47. The van der Waals surface area contributed by atoms with Gasteiger partial charge in [-0.2, -0.15) is 0 Å². The van der Waals surface area contributed by atoms with Crippen LogP contribution in [0.3, 0.4) is 0 Å². The standard InChI is InChI=1S/C15H26N4O/c1-4-6-16-14-9-12(2)17-15(18-14)11-19-7-5-8-20-13(3)10-19/h9,13H,4-8,10-11H2,1-3H3,(H,16,17,18). The molecule has 0 saturated carbocycles. The number of hydrogen-bond acceptors (Lipinski definition) is 5. The number of hydrogen-bond donors (Lipinski definition) is 1. The maximum atomic E-state index is 5.68. The van der Waals surface area contributed by atoms with Crippen LogP contribution in [0.1, 0.15) is 38.2 Å². The molecule has 5 nitrogen and oxygen atoms in total. The Balaban J connectivity index is 2.01. The summed E-state index contributed by atoms with van der Waals surface area (Å²) in [7, 11) is 0. The third-order valence-corrected chi connectivity index (χ3v) is 3.36. The lowest BCUT2D eigenvalue weighted by molar-refractivity contribution is 0.0664. The molecule has 1 N–H and O–H groups in total. The average molecular weight is 278 g/mol. The zero-order valence-electron chi connectivity index (χ0n) is 12.9. The zero-order valence-corrected chi connectivity index (χ0v) is 12.9. The van der Waals surface area contributed by atoms with Crippen molar-refractivity contribution in [1.82, 2.24) is 14.9 Å². The Kier molecular flexibility index (Phi) is 5.73. The molecule has 20 heavy (non-hydrogen) atoms. The quantitative estimate of drug-likeness (QED) is 0.895. The number of nitrogens with one attached hydrogen (secondary N) is 1. The molecule has 1 aliphatic rings. The molecule has 1 aromatic rings. The monoisotopic (exact) mass is 278 g/mol. The minimum absolute atomic E-state index is 0.292. The van der Waals surface area contributed by atoms with E-state index in [0.717, 1.165) is 63.0 Å². The molecule has 0 bridgehead atoms. The van der Waals surface area contributed by atoms with Crippen molar-refractivity contribution in [2.45, 2.75) is 46.3 Å². The van der Waals surface area contributed by atoms with Crippen LogP contribution >= 0.6 is 0 Å². The van der Waals surface area contributed by atoms with E-state index in [4.69, 9.17) is 4.74 Å². The van der Waals surface area contributed by atoms with E-state index in [2.05, 4.69) is 34.0 Å². The number of nitrogens with zero attached hydrogens (tertiary/aromatic N) is 3. The maximum Gasteiger partial charge on any atom is 0.144 e. The highest BCUT2D eigenvalue weighted by molar-refractivity contribution is 5.35. The Morgan fingerprint density at radius 3 is 3.10 bits per heavy atom. The van der Waals surface area contributed by atoms with Crippen LogP contribution < -0.4 is 5.32 Å². The fourth-order valence-corrected chi connectivity index (χ4v) is 2.47. The number of ether oxygens (including phenoxy) is 1. The molecule has 0 radical (unpaired) electrons. The van der Waals surface area contributed by atoms with Gasteiger partial charge in [-0.15, -0.1) is 0 Å². The second-order valence-electron chi connectivity index (χ2n) is 5.51. The Labute approximate surface area is 121 Å². The van der Waals surface area contributed by atoms with Gasteiger partial charge in [0.05, 0.1) is 12.6 Å². The van der Waals surface area contributed by atoms with Crippen molar-refractivity contribution in [1.29, 1.82) is 0 Å². The topological polar surface area (TPSA) is 50.3 Å². The Morgan fingerprint density at radius 2 is 2.30 bits per heavy atom. The molecule has 0 aliphatic carbocycles. The van der Waals surface area contributed by atoms with Crippen LogP contribution in [-0.2, 0) is 11.3 Å². The number of anilines is 1. The van der Waals surface area contributed by atoms with Gasteiger partial charge in [-0.3, -0.25) is 4.90 Å². The highest BCUT2D eigenvalue weighted by atomic mass is 16.5. The third kappa shape index (κ3) is 4.72. The number of rotatable bonds is 5. The Hall–Kier alpha value is -1.20. The lowest BCUT2D eigenvalue weighted by Crippen LogP contribution is -2.30. The summed E-state index contributed by atoms with van der Waals surface area (Å²) in [6.45, 7) is 10.9. The summed E-state index contributed by atoms with van der Waals surface area (Å²) in [4.78, 5) is 11.6. The summed E-state index contributed by atoms with van der Waals surface area (Å²) < 4.78 is 5.68. The highest BCUT2D eigenvalue weighted by Crippen LogP contribution is 2.11. The summed E-state index contributed by atoms with van der Waals surface area (Å²) in [5, 5.41) is 3.34. The summed E-state index contributed by atoms with van der Waals surface area (Å²) >= 11 is 0. The molecule has 1 saturated heterocycles. The summed E-state index contributed by atoms with van der Waals surface area (Å²) in [6.07, 6.45) is 2.47. The van der Waals surface area contributed by atoms with Crippen molar-refractivity contribution in [3.8, 4) is 0 Å². The molecular formula is C15H26N4O. The van der Waals surface area contributed by atoms with Crippen molar-refractivity contribution in [3.63, 3.8) is 0 Å². The van der Waals surface area contributed by atoms with E-state index in [1.807, 2.05) is 13.0 Å². The minimum Gasteiger partial charge on any atom is -0.377 e. The van der Waals surface area contributed by atoms with Gasteiger partial charge in [-0.25, -0.2) is 9.97 Å². The smallest absolute Gasteiger partial charge is 0.144 e. The zero-order chi connectivity index (χ0) is 14.4. The van der Waals surface area contributed by atoms with Crippen LogP contribution in [-0.4, -0.2) is 47.2 Å². The van der Waals surface area contributed by atoms with Crippen molar-refractivity contribution < 1.29 is 4.74 Å². The summed E-state index contributed by atoms with van der Waals surface area (Å²) in [5.74, 6) is 1.84. The van der Waals surface area contributed by atoms with Crippen molar-refractivity contribution in [2.75, 3.05) is 31.6 Å². The van der Waals surface area contributed by atoms with Gasteiger partial charge in [0, 0.05) is 38.0 Å². The first kappa shape index (κ1) is 15.2. The van der Waals surface area contributed by atoms with Crippen LogP contribution in [0.4, 0.5) is 5.82 Å². The molecule has 1 aliphatic heterocycles. The second kappa shape index (κ2) is 7.55. The van der Waals surface area contributed by atoms with Crippen molar-refractivity contribution in [2.24, 2.45) is 0 Å². The molecule has 1 unspecified atom stereocenters. The molecule has 112 valence electrons. The molecule has 0 amide bonds. The van der Waals surface area contributed by atoms with E-state index in [9.17, 15) is 0 Å². The molecule has 0 aromatic carbocycles. The SMILES string of the molecule is CCCNc1cc(C)nc(CN2CCCOC(C)C2)n1. The normalized spacial score (nSPS) is 20.6. The van der Waals surface area contributed by atoms with Gasteiger partial charge < -0.3 is 10.1 Å². The van der Waals surface area contributed by atoms with Gasteiger partial charge in [0.1, 0.15) is 11.6 Å². The Bertz CT molecular complexity index is 424. The molecule has 1 fully saturated rings. The van der Waals surface area contributed by atoms with Gasteiger partial charge in [-0.1, -0.05) is 6.92 Å². The number of aromatic nitrogens is 2. The molecule has 1 aromatic heterocycles. The second-order valence-corrected chi connectivity index (χ2v) is 5.51. The van der Waals surface area contributed by atoms with Crippen molar-refractivity contribution >= 4 is 5.82 Å². The van der Waals surface area contributed by atoms with Gasteiger partial charge >= 0.3 is 0 Å². The first-order chi connectivity index (χ1) is 9.67. The average Bonchev–Trinajstić information content (AvgIpc) is 2.60. The first-order valence-electron chi connectivity index (χ1n) is 7.59. The lowest BCUT2D eigenvalue weighted by atomic mass is 10.3. The number of aryl methyl sites for hydroxylation is 1. The lowest BCUT2D eigenvalue weighted by Gasteiger charge is -2.21. The van der Waals surface area contributed by atoms with Crippen molar-refractivity contribution in [3.05, 3.63) is 17.6 Å². The summed E-state index contributed by atoms with van der Waals surface area (Å²) in [5.41, 5.74) is 1.02. The predicted octanol–water partition coefficient (Wildman–Crippen LogP) is 2.22. The van der Waals surface area contributed by atoms with E-state index >= 15 is 0 Å². The van der Waals surface area contributed by atoms with E-state index in [-0.39, 0.29) is 0 Å². The van der Waals surface area contributed by atoms with E-state index in [1.54, 1.807) is 0 Å². The molecule has 0 spiro atoms. The largest absolute Gasteiger partial charge is 0.377 e. The fraction of sp³-hybridized carbons (Fsp3) is 0.733. The van der Waals surface area contributed by atoms with Crippen LogP contribution in [0, 0.1) is 6.92 Å². The highest BCUT2D eigenvalue weighted by Gasteiger charge is 2.16. The van der Waals surface area contributed by atoms with Crippen LogP contribution in [0.2, 0.25) is 0 Å². The van der Waals surface area contributed by atoms with Gasteiger partial charge in [-0.05, 0) is 26.7 Å². The molecule has 2 heterocycles. The first-order valence-corrected chi connectivity index (χ1v) is 7.59. The maximum absolute atomic E-state index is 5.68. The third-order valence-electron chi connectivity index (χ3n) is 3.36. The van der Waals surface area contributed by atoms with Gasteiger partial charge in [0.25, 0.3) is 0 Å². The molecule has 5 heteroatoms. The predicted molar refractivity (Wildman–Crippen MR) is 80.9 cm³/mol. The van der Waals surface area contributed by atoms with E-state index < -0.39 is 0 Å². The minimum atomic E-state index is 0.292. The van der Waals surface area contributed by atoms with E-state index in [1.165, 1.54) is 0 Å². The summed E-state index contributed by atoms with van der Waals surface area (Å²) in [6, 6.07) is 2.01. The van der Waals surface area contributed by atoms with Crippen LogP contribution in [0.5, 0.6) is 0 Å². The Morgan fingerprint density at radius 1 is 1.45 bits per heavy atom. The van der Waals surface area contributed by atoms with Gasteiger partial charge in [0.15, 0.2) is 0 Å². The van der Waals surface area contributed by atoms with Crippen LogP contribution in [0.15, 0.2) is 6.07 Å². The van der Waals surface area contributed by atoms with Crippen LogP contribution in [0.25, 0.3) is 0 Å². The van der Waals surface area contributed by atoms with E-state index in [0.29, 0.717) is 6.10 Å². The molecule has 1 atom stereocenters. The molecule has 2 rings (SSSR count).